The van der Waals surface area contributed by atoms with Gasteiger partial charge in [0.25, 0.3) is 0 Å². The van der Waals surface area contributed by atoms with Gasteiger partial charge in [0.05, 0.1) is 0 Å². The third kappa shape index (κ3) is 4.12. The third-order valence-electron chi connectivity index (χ3n) is 5.54. The number of Topliss-reactive ketones (excluding diaryl/α,β-unsaturated/α-hetero) is 1. The number of rotatable bonds is 3. The Hall–Kier alpha value is -1.07. The van der Waals surface area contributed by atoms with Gasteiger partial charge in [-0.1, -0.05) is 32.9 Å². The van der Waals surface area contributed by atoms with Crippen LogP contribution in [0, 0.1) is 11.6 Å². The second-order valence-electron chi connectivity index (χ2n) is 8.29. The van der Waals surface area contributed by atoms with Crippen LogP contribution in [0.15, 0.2) is 18.2 Å². The van der Waals surface area contributed by atoms with E-state index >= 15 is 0 Å². The van der Waals surface area contributed by atoms with E-state index in [1.54, 1.807) is 6.07 Å². The van der Waals surface area contributed by atoms with Crippen molar-refractivity contribution in [2.75, 3.05) is 0 Å². The van der Waals surface area contributed by atoms with Gasteiger partial charge in [0.1, 0.15) is 6.10 Å². The van der Waals surface area contributed by atoms with Crippen molar-refractivity contribution in [1.82, 2.24) is 0 Å². The SMILES string of the molecule is CC(C)(C)[Si](C)(C)O[C@H]1CC[C@H](c2cccc(F)c2F)CCC1=O. The first-order valence-electron chi connectivity index (χ1n) is 8.67. The molecule has 24 heavy (non-hydrogen) atoms. The molecule has 0 heterocycles. The van der Waals surface area contributed by atoms with Crippen LogP contribution >= 0.6 is 0 Å². The zero-order valence-electron chi connectivity index (χ0n) is 15.3. The average Bonchev–Trinajstić information content (AvgIpc) is 2.64. The number of ketones is 1. The molecule has 2 nitrogen and oxygen atoms in total. The maximum absolute atomic E-state index is 14.1. The van der Waals surface area contributed by atoms with Crippen molar-refractivity contribution in [2.24, 2.45) is 0 Å². The quantitative estimate of drug-likeness (QED) is 0.523. The fourth-order valence-electron chi connectivity index (χ4n) is 2.94. The summed E-state index contributed by atoms with van der Waals surface area (Å²) in [6.07, 6.45) is 1.72. The van der Waals surface area contributed by atoms with Crippen LogP contribution in [0.1, 0.15) is 57.9 Å². The van der Waals surface area contributed by atoms with Crippen LogP contribution in [0.4, 0.5) is 8.78 Å². The Morgan fingerprint density at radius 2 is 1.79 bits per heavy atom. The minimum absolute atomic E-state index is 0.0354. The molecule has 0 amide bonds. The maximum Gasteiger partial charge on any atom is 0.193 e. The second-order valence-corrected chi connectivity index (χ2v) is 13.0. The Bertz CT molecular complexity index is 608. The van der Waals surface area contributed by atoms with E-state index in [1.165, 1.54) is 6.07 Å². The van der Waals surface area contributed by atoms with Crippen molar-refractivity contribution in [3.8, 4) is 0 Å². The van der Waals surface area contributed by atoms with Gasteiger partial charge in [-0.05, 0) is 54.9 Å². The van der Waals surface area contributed by atoms with Gasteiger partial charge in [0.15, 0.2) is 25.7 Å². The second kappa shape index (κ2) is 7.04. The summed E-state index contributed by atoms with van der Waals surface area (Å²) in [6.45, 7) is 10.7. The highest BCUT2D eigenvalue weighted by Gasteiger charge is 2.41. The van der Waals surface area contributed by atoms with Gasteiger partial charge in [-0.15, -0.1) is 0 Å². The minimum atomic E-state index is -2.03. The minimum Gasteiger partial charge on any atom is -0.407 e. The zero-order chi connectivity index (χ0) is 18.1. The number of hydrogen-bond acceptors (Lipinski definition) is 2. The molecule has 0 N–H and O–H groups in total. The summed E-state index contributed by atoms with van der Waals surface area (Å²) in [5.74, 6) is -1.63. The Kier molecular flexibility index (Phi) is 5.65. The van der Waals surface area contributed by atoms with E-state index in [1.807, 2.05) is 0 Å². The predicted octanol–water partition coefficient (Wildman–Crippen LogP) is 5.58. The van der Waals surface area contributed by atoms with E-state index in [2.05, 4.69) is 33.9 Å². The zero-order valence-corrected chi connectivity index (χ0v) is 16.3. The fourth-order valence-corrected chi connectivity index (χ4v) is 4.25. The molecule has 0 unspecified atom stereocenters. The molecule has 1 aromatic carbocycles. The largest absolute Gasteiger partial charge is 0.407 e. The molecule has 1 aromatic rings. The van der Waals surface area contributed by atoms with E-state index in [-0.39, 0.29) is 16.7 Å². The summed E-state index contributed by atoms with van der Waals surface area (Å²) >= 11 is 0. The summed E-state index contributed by atoms with van der Waals surface area (Å²) in [5, 5.41) is 0.0354. The van der Waals surface area contributed by atoms with Crippen molar-refractivity contribution in [1.29, 1.82) is 0 Å². The van der Waals surface area contributed by atoms with Gasteiger partial charge < -0.3 is 4.43 Å². The summed E-state index contributed by atoms with van der Waals surface area (Å²) in [5.41, 5.74) is 0.385. The molecule has 0 bridgehead atoms. The topological polar surface area (TPSA) is 26.3 Å². The Balaban J connectivity index is 2.14. The monoisotopic (exact) mass is 354 g/mol. The first-order valence-corrected chi connectivity index (χ1v) is 11.6. The predicted molar refractivity (Wildman–Crippen MR) is 94.6 cm³/mol. The number of hydrogen-bond donors (Lipinski definition) is 0. The van der Waals surface area contributed by atoms with Crippen LogP contribution < -0.4 is 0 Å². The summed E-state index contributed by atoms with van der Waals surface area (Å²) in [7, 11) is -2.03. The smallest absolute Gasteiger partial charge is 0.193 e. The Morgan fingerprint density at radius 1 is 1.12 bits per heavy atom. The Labute approximate surface area is 144 Å². The molecule has 2 rings (SSSR count). The first-order chi connectivity index (χ1) is 11.0. The van der Waals surface area contributed by atoms with Crippen LogP contribution in [-0.2, 0) is 9.22 Å². The standard InChI is InChI=1S/C19H28F2O2Si/c1-19(2,3)24(4,5)23-17-12-10-13(9-11-16(17)22)14-7-6-8-15(20)18(14)21/h6-8,13,17H,9-12H2,1-5H3/t13-,17+/m1/s1. The van der Waals surface area contributed by atoms with Gasteiger partial charge in [0.2, 0.25) is 0 Å². The van der Waals surface area contributed by atoms with Gasteiger partial charge in [-0.2, -0.15) is 0 Å². The summed E-state index contributed by atoms with van der Waals surface area (Å²) in [6, 6.07) is 4.29. The molecular formula is C19H28F2O2Si. The highest BCUT2D eigenvalue weighted by atomic mass is 28.4. The third-order valence-corrected chi connectivity index (χ3v) is 10.0. The van der Waals surface area contributed by atoms with Crippen molar-refractivity contribution < 1.29 is 18.0 Å². The van der Waals surface area contributed by atoms with Gasteiger partial charge in [0, 0.05) is 6.42 Å². The van der Waals surface area contributed by atoms with Crippen molar-refractivity contribution >= 4 is 14.1 Å². The summed E-state index contributed by atoms with van der Waals surface area (Å²) in [4.78, 5) is 12.5. The van der Waals surface area contributed by atoms with E-state index < -0.39 is 26.1 Å². The van der Waals surface area contributed by atoms with E-state index in [0.29, 0.717) is 31.2 Å². The van der Waals surface area contributed by atoms with Crippen molar-refractivity contribution in [3.63, 3.8) is 0 Å². The van der Waals surface area contributed by atoms with Crippen LogP contribution in [0.3, 0.4) is 0 Å². The molecule has 1 aliphatic rings. The van der Waals surface area contributed by atoms with E-state index in [0.717, 1.165) is 6.07 Å². The lowest BCUT2D eigenvalue weighted by Crippen LogP contribution is -2.45. The Morgan fingerprint density at radius 3 is 2.42 bits per heavy atom. The molecular weight excluding hydrogens is 326 g/mol. The molecule has 1 fully saturated rings. The highest BCUT2D eigenvalue weighted by Crippen LogP contribution is 2.40. The molecule has 5 heteroatoms. The average molecular weight is 355 g/mol. The molecule has 1 aliphatic carbocycles. The molecule has 0 saturated heterocycles. The van der Waals surface area contributed by atoms with Gasteiger partial charge in [-0.3, -0.25) is 4.79 Å². The number of carbonyl (C=O) groups is 1. The molecule has 0 radical (unpaired) electrons. The molecule has 0 spiro atoms. The van der Waals surface area contributed by atoms with E-state index in [9.17, 15) is 13.6 Å². The van der Waals surface area contributed by atoms with Crippen LogP contribution in [-0.4, -0.2) is 20.2 Å². The molecule has 134 valence electrons. The van der Waals surface area contributed by atoms with Crippen molar-refractivity contribution in [3.05, 3.63) is 35.4 Å². The molecule has 2 atom stereocenters. The van der Waals surface area contributed by atoms with Crippen LogP contribution in [0.2, 0.25) is 18.1 Å². The van der Waals surface area contributed by atoms with E-state index in [4.69, 9.17) is 4.43 Å². The highest BCUT2D eigenvalue weighted by molar-refractivity contribution is 6.74. The lowest BCUT2D eigenvalue weighted by Gasteiger charge is -2.38. The lowest BCUT2D eigenvalue weighted by atomic mass is 9.91. The summed E-state index contributed by atoms with van der Waals surface area (Å²) < 4.78 is 33.8. The number of benzene rings is 1. The number of carbonyl (C=O) groups excluding carboxylic acids is 1. The number of halogens is 2. The van der Waals surface area contributed by atoms with Gasteiger partial charge >= 0.3 is 0 Å². The lowest BCUT2D eigenvalue weighted by molar-refractivity contribution is -0.126. The van der Waals surface area contributed by atoms with Crippen LogP contribution in [0.25, 0.3) is 0 Å². The van der Waals surface area contributed by atoms with Crippen LogP contribution in [0.5, 0.6) is 0 Å². The van der Waals surface area contributed by atoms with Gasteiger partial charge in [-0.25, -0.2) is 8.78 Å². The molecule has 0 aromatic heterocycles. The molecule has 1 saturated carbocycles. The first kappa shape index (κ1) is 19.3. The molecule has 0 aliphatic heterocycles. The normalized spacial score (nSPS) is 23.2. The fraction of sp³-hybridized carbons (Fsp3) is 0.632. The van der Waals surface area contributed by atoms with Crippen molar-refractivity contribution in [2.45, 2.75) is 76.6 Å². The maximum atomic E-state index is 14.1.